The molecular formula is C17H30N4. The van der Waals surface area contributed by atoms with Gasteiger partial charge in [0, 0.05) is 31.6 Å². The molecule has 21 heavy (non-hydrogen) atoms. The van der Waals surface area contributed by atoms with Gasteiger partial charge in [0.1, 0.15) is 17.5 Å². The van der Waals surface area contributed by atoms with Crippen molar-refractivity contribution in [3.05, 3.63) is 11.4 Å². The van der Waals surface area contributed by atoms with Crippen LogP contribution in [0.4, 0.5) is 11.6 Å². The Morgan fingerprint density at radius 1 is 1.14 bits per heavy atom. The summed E-state index contributed by atoms with van der Waals surface area (Å²) in [5.41, 5.74) is 1.67. The van der Waals surface area contributed by atoms with Gasteiger partial charge in [-0.3, -0.25) is 0 Å². The number of aromatic nitrogens is 2. The van der Waals surface area contributed by atoms with Crippen molar-refractivity contribution in [2.75, 3.05) is 29.9 Å². The molecule has 1 fully saturated rings. The molecule has 1 saturated heterocycles. The molecule has 1 aliphatic heterocycles. The first-order valence-corrected chi connectivity index (χ1v) is 8.45. The maximum Gasteiger partial charge on any atom is 0.137 e. The Morgan fingerprint density at radius 2 is 1.86 bits per heavy atom. The Bertz CT molecular complexity index is 480. The summed E-state index contributed by atoms with van der Waals surface area (Å²) in [5.74, 6) is 3.09. The average molecular weight is 290 g/mol. The highest BCUT2D eigenvalue weighted by Gasteiger charge is 2.36. The molecule has 0 spiro atoms. The van der Waals surface area contributed by atoms with Crippen molar-refractivity contribution in [1.82, 2.24) is 9.97 Å². The highest BCUT2D eigenvalue weighted by Crippen LogP contribution is 2.39. The smallest absolute Gasteiger partial charge is 0.137 e. The third kappa shape index (κ3) is 3.14. The Balaban J connectivity index is 2.33. The molecule has 0 unspecified atom stereocenters. The molecule has 0 aliphatic carbocycles. The summed E-state index contributed by atoms with van der Waals surface area (Å²) in [7, 11) is 0. The van der Waals surface area contributed by atoms with Crippen molar-refractivity contribution in [2.24, 2.45) is 5.41 Å². The standard InChI is InChI=1S/C17H30N4/c1-6-14-19-15(18-9-4)13(5)16(20-14)21-11-10-17(7-2,8-3)12-21/h6-12H2,1-5H3,(H,18,19,20). The van der Waals surface area contributed by atoms with E-state index in [0.717, 1.165) is 43.5 Å². The number of nitrogens with zero attached hydrogens (tertiary/aromatic N) is 3. The number of aryl methyl sites for hydroxylation is 1. The molecule has 1 aliphatic rings. The minimum absolute atomic E-state index is 0.474. The average Bonchev–Trinajstić information content (AvgIpc) is 2.94. The van der Waals surface area contributed by atoms with Gasteiger partial charge in [-0.25, -0.2) is 9.97 Å². The molecule has 1 aromatic heterocycles. The van der Waals surface area contributed by atoms with Gasteiger partial charge >= 0.3 is 0 Å². The first-order chi connectivity index (χ1) is 10.1. The molecule has 0 atom stereocenters. The van der Waals surface area contributed by atoms with Gasteiger partial charge in [0.2, 0.25) is 0 Å². The summed E-state index contributed by atoms with van der Waals surface area (Å²) in [6.07, 6.45) is 4.67. The molecule has 1 aromatic rings. The lowest BCUT2D eigenvalue weighted by Crippen LogP contribution is -2.28. The van der Waals surface area contributed by atoms with Crippen LogP contribution in [0.15, 0.2) is 0 Å². The maximum absolute atomic E-state index is 4.82. The highest BCUT2D eigenvalue weighted by atomic mass is 15.2. The van der Waals surface area contributed by atoms with Crippen molar-refractivity contribution in [2.45, 2.75) is 60.3 Å². The van der Waals surface area contributed by atoms with E-state index >= 15 is 0 Å². The minimum Gasteiger partial charge on any atom is -0.370 e. The molecule has 4 nitrogen and oxygen atoms in total. The van der Waals surface area contributed by atoms with Crippen LogP contribution in [0, 0.1) is 12.3 Å². The number of anilines is 2. The number of rotatable bonds is 6. The second kappa shape index (κ2) is 6.63. The fraction of sp³-hybridized carbons (Fsp3) is 0.765. The highest BCUT2D eigenvalue weighted by molar-refractivity contribution is 5.59. The summed E-state index contributed by atoms with van der Waals surface area (Å²) in [6.45, 7) is 14.2. The zero-order chi connectivity index (χ0) is 15.5. The van der Waals surface area contributed by atoms with E-state index in [1.807, 2.05) is 0 Å². The summed E-state index contributed by atoms with van der Waals surface area (Å²) in [6, 6.07) is 0. The van der Waals surface area contributed by atoms with Crippen LogP contribution in [-0.2, 0) is 6.42 Å². The molecule has 118 valence electrons. The van der Waals surface area contributed by atoms with Crippen molar-refractivity contribution in [3.63, 3.8) is 0 Å². The second-order valence-corrected chi connectivity index (χ2v) is 6.20. The van der Waals surface area contributed by atoms with Crippen LogP contribution in [0.5, 0.6) is 0 Å². The quantitative estimate of drug-likeness (QED) is 0.865. The van der Waals surface area contributed by atoms with Crippen molar-refractivity contribution in [1.29, 1.82) is 0 Å². The van der Waals surface area contributed by atoms with E-state index in [1.165, 1.54) is 24.8 Å². The third-order valence-electron chi connectivity index (χ3n) is 5.06. The Kier molecular flexibility index (Phi) is 5.07. The van der Waals surface area contributed by atoms with Gasteiger partial charge in [-0.1, -0.05) is 20.8 Å². The molecule has 0 amide bonds. The van der Waals surface area contributed by atoms with Gasteiger partial charge in [0.25, 0.3) is 0 Å². The van der Waals surface area contributed by atoms with Crippen molar-refractivity contribution in [3.8, 4) is 0 Å². The largest absolute Gasteiger partial charge is 0.370 e. The van der Waals surface area contributed by atoms with Crippen LogP contribution >= 0.6 is 0 Å². The fourth-order valence-electron chi connectivity index (χ4n) is 3.30. The van der Waals surface area contributed by atoms with Crippen LogP contribution in [0.1, 0.15) is 58.3 Å². The predicted molar refractivity (Wildman–Crippen MR) is 90.2 cm³/mol. The molecule has 0 radical (unpaired) electrons. The topological polar surface area (TPSA) is 41.1 Å². The third-order valence-corrected chi connectivity index (χ3v) is 5.06. The van der Waals surface area contributed by atoms with Crippen LogP contribution in [0.2, 0.25) is 0 Å². The molecule has 4 heteroatoms. The summed E-state index contributed by atoms with van der Waals surface area (Å²) in [5, 5.41) is 3.39. The van der Waals surface area contributed by atoms with Gasteiger partial charge < -0.3 is 10.2 Å². The second-order valence-electron chi connectivity index (χ2n) is 6.20. The zero-order valence-electron chi connectivity index (χ0n) is 14.3. The minimum atomic E-state index is 0.474. The van der Waals surface area contributed by atoms with E-state index in [1.54, 1.807) is 0 Å². The molecule has 1 N–H and O–H groups in total. The fourth-order valence-corrected chi connectivity index (χ4v) is 3.30. The summed E-state index contributed by atoms with van der Waals surface area (Å²) >= 11 is 0. The van der Waals surface area contributed by atoms with Crippen LogP contribution in [0.3, 0.4) is 0 Å². The molecule has 0 saturated carbocycles. The molecule has 0 aromatic carbocycles. The predicted octanol–water partition coefficient (Wildman–Crippen LogP) is 3.80. The molecule has 0 bridgehead atoms. The number of nitrogens with one attached hydrogen (secondary N) is 1. The Hall–Kier alpha value is -1.32. The SMILES string of the molecule is CCNc1nc(CC)nc(N2CCC(CC)(CC)C2)c1C. The van der Waals surface area contributed by atoms with Gasteiger partial charge in [-0.2, -0.15) is 0 Å². The van der Waals surface area contributed by atoms with E-state index in [2.05, 4.69) is 49.8 Å². The zero-order valence-corrected chi connectivity index (χ0v) is 14.3. The Morgan fingerprint density at radius 3 is 2.38 bits per heavy atom. The van der Waals surface area contributed by atoms with E-state index in [0.29, 0.717) is 5.41 Å². The lowest BCUT2D eigenvalue weighted by Gasteiger charge is -2.28. The first-order valence-electron chi connectivity index (χ1n) is 8.45. The monoisotopic (exact) mass is 290 g/mol. The van der Waals surface area contributed by atoms with E-state index in [4.69, 9.17) is 4.98 Å². The van der Waals surface area contributed by atoms with Crippen LogP contribution in [-0.4, -0.2) is 29.6 Å². The van der Waals surface area contributed by atoms with Gasteiger partial charge in [-0.15, -0.1) is 0 Å². The number of hydrogen-bond donors (Lipinski definition) is 1. The van der Waals surface area contributed by atoms with Crippen molar-refractivity contribution < 1.29 is 0 Å². The van der Waals surface area contributed by atoms with Crippen LogP contribution < -0.4 is 10.2 Å². The summed E-state index contributed by atoms with van der Waals surface area (Å²) < 4.78 is 0. The lowest BCUT2D eigenvalue weighted by molar-refractivity contribution is 0.301. The van der Waals surface area contributed by atoms with Crippen LogP contribution in [0.25, 0.3) is 0 Å². The maximum atomic E-state index is 4.82. The normalized spacial score (nSPS) is 17.3. The van der Waals surface area contributed by atoms with Gasteiger partial charge in [0.05, 0.1) is 0 Å². The van der Waals surface area contributed by atoms with Gasteiger partial charge in [-0.05, 0) is 38.5 Å². The lowest BCUT2D eigenvalue weighted by atomic mass is 9.82. The number of hydrogen-bond acceptors (Lipinski definition) is 4. The molecular weight excluding hydrogens is 260 g/mol. The molecule has 2 heterocycles. The van der Waals surface area contributed by atoms with E-state index < -0.39 is 0 Å². The van der Waals surface area contributed by atoms with E-state index in [-0.39, 0.29) is 0 Å². The summed E-state index contributed by atoms with van der Waals surface area (Å²) in [4.78, 5) is 11.9. The van der Waals surface area contributed by atoms with Gasteiger partial charge in [0.15, 0.2) is 0 Å². The van der Waals surface area contributed by atoms with E-state index in [9.17, 15) is 0 Å². The Labute approximate surface area is 129 Å². The molecule has 2 rings (SSSR count). The first kappa shape index (κ1) is 16.1. The van der Waals surface area contributed by atoms with Crippen molar-refractivity contribution >= 4 is 11.6 Å².